The molecule has 1 saturated carbocycles. The second-order valence-electron chi connectivity index (χ2n) is 8.36. The van der Waals surface area contributed by atoms with E-state index in [1.54, 1.807) is 13.3 Å². The van der Waals surface area contributed by atoms with Crippen LogP contribution in [0.2, 0.25) is 0 Å². The maximum atomic E-state index is 12.6. The predicted octanol–water partition coefficient (Wildman–Crippen LogP) is 5.95. The number of benzene rings is 2. The molecule has 1 fully saturated rings. The molecule has 0 spiro atoms. The van der Waals surface area contributed by atoms with Crippen LogP contribution in [0.25, 0.3) is 11.1 Å². The summed E-state index contributed by atoms with van der Waals surface area (Å²) >= 11 is 0. The van der Waals surface area contributed by atoms with Gasteiger partial charge in [0.1, 0.15) is 0 Å². The predicted molar refractivity (Wildman–Crippen MR) is 126 cm³/mol. The minimum Gasteiger partial charge on any atom is -0.481 e. The molecular formula is C27H30N2O2. The number of carbonyl (C=O) groups is 1. The van der Waals surface area contributed by atoms with Gasteiger partial charge in [0.25, 0.3) is 0 Å². The molecule has 1 aromatic heterocycles. The Morgan fingerprint density at radius 1 is 1.03 bits per heavy atom. The summed E-state index contributed by atoms with van der Waals surface area (Å²) in [5.41, 5.74) is 5.61. The van der Waals surface area contributed by atoms with E-state index in [0.717, 1.165) is 22.3 Å². The van der Waals surface area contributed by atoms with Crippen LogP contribution in [0.5, 0.6) is 5.88 Å². The van der Waals surface area contributed by atoms with E-state index in [1.807, 2.05) is 36.4 Å². The zero-order valence-electron chi connectivity index (χ0n) is 18.6. The van der Waals surface area contributed by atoms with Gasteiger partial charge in [0, 0.05) is 42.0 Å². The molecule has 3 aromatic rings. The van der Waals surface area contributed by atoms with Crippen molar-refractivity contribution in [2.75, 3.05) is 19.1 Å². The summed E-state index contributed by atoms with van der Waals surface area (Å²) < 4.78 is 5.27. The lowest BCUT2D eigenvalue weighted by molar-refractivity contribution is 0.0982. The summed E-state index contributed by atoms with van der Waals surface area (Å²) in [6.07, 6.45) is 6.50. The van der Waals surface area contributed by atoms with Crippen molar-refractivity contribution >= 4 is 11.5 Å². The van der Waals surface area contributed by atoms with Crippen LogP contribution in [0.15, 0.2) is 66.9 Å². The number of methoxy groups -OCH3 is 1. The highest BCUT2D eigenvalue weighted by molar-refractivity contribution is 5.96. The second kappa shape index (κ2) is 8.93. The second-order valence-corrected chi connectivity index (χ2v) is 8.36. The van der Waals surface area contributed by atoms with Crippen molar-refractivity contribution in [1.82, 2.24) is 4.98 Å². The Balaban J connectivity index is 1.40. The van der Waals surface area contributed by atoms with Gasteiger partial charge in [-0.05, 0) is 55.0 Å². The van der Waals surface area contributed by atoms with E-state index < -0.39 is 0 Å². The zero-order valence-corrected chi connectivity index (χ0v) is 18.6. The normalized spacial score (nSPS) is 14.2. The first-order valence-electron chi connectivity index (χ1n) is 11.0. The first-order valence-corrected chi connectivity index (χ1v) is 11.0. The number of Topliss-reactive ketones (excluding diaryl/α,β-unsaturated/α-hetero) is 1. The van der Waals surface area contributed by atoms with E-state index in [2.05, 4.69) is 48.1 Å². The van der Waals surface area contributed by atoms with Gasteiger partial charge in [0.2, 0.25) is 5.88 Å². The molecule has 0 saturated heterocycles. The molecule has 0 bridgehead atoms. The van der Waals surface area contributed by atoms with E-state index in [4.69, 9.17) is 4.74 Å². The van der Waals surface area contributed by atoms with Gasteiger partial charge in [0.05, 0.1) is 7.11 Å². The molecule has 0 aliphatic heterocycles. The van der Waals surface area contributed by atoms with Crippen molar-refractivity contribution in [3.8, 4) is 17.0 Å². The summed E-state index contributed by atoms with van der Waals surface area (Å²) in [6, 6.07) is 20.5. The molecule has 0 amide bonds. The van der Waals surface area contributed by atoms with Crippen LogP contribution in [-0.2, 0) is 6.42 Å². The summed E-state index contributed by atoms with van der Waals surface area (Å²) in [6.45, 7) is 2.27. The van der Waals surface area contributed by atoms with Gasteiger partial charge in [-0.1, -0.05) is 49.4 Å². The fraction of sp³-hybridized carbons (Fsp3) is 0.333. The van der Waals surface area contributed by atoms with Gasteiger partial charge >= 0.3 is 0 Å². The van der Waals surface area contributed by atoms with Crippen LogP contribution >= 0.6 is 0 Å². The number of carbonyl (C=O) groups excluding carboxylic acids is 1. The minimum atomic E-state index is 0.128. The maximum Gasteiger partial charge on any atom is 0.216 e. The Hall–Kier alpha value is -3.14. The fourth-order valence-corrected chi connectivity index (χ4v) is 4.26. The summed E-state index contributed by atoms with van der Waals surface area (Å²) in [7, 11) is 3.80. The first kappa shape index (κ1) is 21.1. The molecule has 0 unspecified atom stereocenters. The number of hydrogen-bond donors (Lipinski definition) is 0. The molecule has 1 aliphatic rings. The summed E-state index contributed by atoms with van der Waals surface area (Å²) in [5, 5.41) is 0. The standard InChI is InChI=1S/C27H30N2O2/c1-4-27(17-18-27)29(2)24-14-11-21(12-15-24)20-7-9-22(10-8-20)25(30)16-13-23-6-5-19-28-26(23)31-3/h5-12,14-15,19H,4,13,16-18H2,1-3H3. The molecule has 2 aromatic carbocycles. The Morgan fingerprint density at radius 2 is 1.68 bits per heavy atom. The monoisotopic (exact) mass is 414 g/mol. The lowest BCUT2D eigenvalue weighted by atomic mass is 9.99. The van der Waals surface area contributed by atoms with E-state index in [0.29, 0.717) is 24.3 Å². The van der Waals surface area contributed by atoms with Crippen molar-refractivity contribution in [3.05, 3.63) is 78.0 Å². The smallest absolute Gasteiger partial charge is 0.216 e. The Kier molecular flexibility index (Phi) is 6.08. The number of nitrogens with zero attached hydrogens (tertiary/aromatic N) is 2. The topological polar surface area (TPSA) is 42.4 Å². The number of hydrogen-bond acceptors (Lipinski definition) is 4. The van der Waals surface area contributed by atoms with Gasteiger partial charge in [-0.15, -0.1) is 0 Å². The number of aromatic nitrogens is 1. The summed E-state index contributed by atoms with van der Waals surface area (Å²) in [5.74, 6) is 0.718. The van der Waals surface area contributed by atoms with Crippen LogP contribution in [-0.4, -0.2) is 30.5 Å². The number of rotatable bonds is 9. The van der Waals surface area contributed by atoms with Gasteiger partial charge in [0.15, 0.2) is 5.78 Å². The van der Waals surface area contributed by atoms with Gasteiger partial charge in [-0.3, -0.25) is 4.79 Å². The molecule has 0 radical (unpaired) electrons. The highest BCUT2D eigenvalue weighted by atomic mass is 16.5. The molecule has 4 rings (SSSR count). The number of pyridine rings is 1. The molecule has 1 aliphatic carbocycles. The van der Waals surface area contributed by atoms with Crippen molar-refractivity contribution in [2.24, 2.45) is 0 Å². The average Bonchev–Trinajstić information content (AvgIpc) is 3.64. The third-order valence-corrected chi connectivity index (χ3v) is 6.66. The molecule has 0 N–H and O–H groups in total. The summed E-state index contributed by atoms with van der Waals surface area (Å²) in [4.78, 5) is 19.3. The highest BCUT2D eigenvalue weighted by Crippen LogP contribution is 2.45. The lowest BCUT2D eigenvalue weighted by Crippen LogP contribution is -2.32. The molecule has 1 heterocycles. The third-order valence-electron chi connectivity index (χ3n) is 6.66. The van der Waals surface area contributed by atoms with Gasteiger partial charge in [-0.2, -0.15) is 0 Å². The Labute approximate surface area is 184 Å². The van der Waals surface area contributed by atoms with Crippen LogP contribution in [0.3, 0.4) is 0 Å². The van der Waals surface area contributed by atoms with Crippen molar-refractivity contribution in [1.29, 1.82) is 0 Å². The highest BCUT2D eigenvalue weighted by Gasteiger charge is 2.44. The van der Waals surface area contributed by atoms with E-state index in [1.165, 1.54) is 24.9 Å². The van der Waals surface area contributed by atoms with Crippen molar-refractivity contribution in [2.45, 2.75) is 44.6 Å². The van der Waals surface area contributed by atoms with E-state index >= 15 is 0 Å². The first-order chi connectivity index (χ1) is 15.1. The number of aryl methyl sites for hydroxylation is 1. The SMILES string of the molecule is CCC1(N(C)c2ccc(-c3ccc(C(=O)CCc4cccnc4OC)cc3)cc2)CC1. The quantitative estimate of drug-likeness (QED) is 0.406. The Bertz CT molecular complexity index is 1040. The zero-order chi connectivity index (χ0) is 21.8. The largest absolute Gasteiger partial charge is 0.481 e. The molecule has 0 atom stereocenters. The van der Waals surface area contributed by atoms with Gasteiger partial charge in [-0.25, -0.2) is 4.98 Å². The number of anilines is 1. The van der Waals surface area contributed by atoms with Crippen LogP contribution < -0.4 is 9.64 Å². The van der Waals surface area contributed by atoms with E-state index in [-0.39, 0.29) is 5.78 Å². The van der Waals surface area contributed by atoms with Crippen LogP contribution in [0.4, 0.5) is 5.69 Å². The molecule has 31 heavy (non-hydrogen) atoms. The molecule has 160 valence electrons. The van der Waals surface area contributed by atoms with Crippen molar-refractivity contribution < 1.29 is 9.53 Å². The third kappa shape index (κ3) is 4.48. The maximum absolute atomic E-state index is 12.6. The van der Waals surface area contributed by atoms with Crippen molar-refractivity contribution in [3.63, 3.8) is 0 Å². The van der Waals surface area contributed by atoms with Crippen LogP contribution in [0, 0.1) is 0 Å². The average molecular weight is 415 g/mol. The van der Waals surface area contributed by atoms with E-state index in [9.17, 15) is 4.79 Å². The lowest BCUT2D eigenvalue weighted by Gasteiger charge is -2.29. The molecular weight excluding hydrogens is 384 g/mol. The molecule has 4 nitrogen and oxygen atoms in total. The molecule has 4 heteroatoms. The van der Waals surface area contributed by atoms with Crippen LogP contribution in [0.1, 0.15) is 48.5 Å². The Morgan fingerprint density at radius 3 is 2.26 bits per heavy atom. The minimum absolute atomic E-state index is 0.128. The number of ketones is 1. The fourth-order valence-electron chi connectivity index (χ4n) is 4.26. The number of ether oxygens (including phenoxy) is 1. The van der Waals surface area contributed by atoms with Gasteiger partial charge < -0.3 is 9.64 Å².